The fourth-order valence-corrected chi connectivity index (χ4v) is 3.24. The largest absolute Gasteiger partial charge is 0.310 e. The Balaban J connectivity index is 2.14. The molecule has 0 saturated heterocycles. The summed E-state index contributed by atoms with van der Waals surface area (Å²) >= 11 is 7.91. The van der Waals surface area contributed by atoms with Crippen LogP contribution in [0.25, 0.3) is 0 Å². The third kappa shape index (κ3) is 3.98. The average molecular weight is 310 g/mol. The molecule has 1 unspecified atom stereocenters. The minimum atomic E-state index is -0.220. The fraction of sp³-hybridized carbons (Fsp3) is 0.250. The second-order valence-electron chi connectivity index (χ2n) is 4.52. The van der Waals surface area contributed by atoms with Crippen molar-refractivity contribution in [3.8, 4) is 0 Å². The lowest BCUT2D eigenvalue weighted by Crippen LogP contribution is -2.17. The molecule has 0 radical (unpaired) electrons. The van der Waals surface area contributed by atoms with E-state index in [1.165, 1.54) is 12.1 Å². The summed E-state index contributed by atoms with van der Waals surface area (Å²) in [5.41, 5.74) is 1.09. The van der Waals surface area contributed by atoms with Gasteiger partial charge in [-0.25, -0.2) is 4.39 Å². The van der Waals surface area contributed by atoms with Crippen molar-refractivity contribution in [1.29, 1.82) is 0 Å². The lowest BCUT2D eigenvalue weighted by atomic mass is 10.1. The molecule has 0 heterocycles. The quantitative estimate of drug-likeness (QED) is 0.804. The Morgan fingerprint density at radius 2 is 1.80 bits per heavy atom. The number of rotatable bonds is 5. The van der Waals surface area contributed by atoms with Crippen LogP contribution in [-0.4, -0.2) is 6.54 Å². The monoisotopic (exact) mass is 309 g/mol. The Hall–Kier alpha value is -1.03. The van der Waals surface area contributed by atoms with Crippen LogP contribution in [0.5, 0.6) is 0 Å². The molecule has 0 aromatic heterocycles. The third-order valence-electron chi connectivity index (χ3n) is 3.00. The van der Waals surface area contributed by atoms with E-state index < -0.39 is 0 Å². The van der Waals surface area contributed by atoms with Crippen molar-refractivity contribution >= 4 is 23.4 Å². The molecule has 1 nitrogen and oxygen atoms in total. The molecule has 0 saturated carbocycles. The van der Waals surface area contributed by atoms with Crippen LogP contribution >= 0.6 is 23.4 Å². The molecule has 0 aliphatic heterocycles. The first-order valence-corrected chi connectivity index (χ1v) is 7.76. The molecule has 2 aromatic rings. The highest BCUT2D eigenvalue weighted by molar-refractivity contribution is 7.99. The van der Waals surface area contributed by atoms with Gasteiger partial charge in [0.05, 0.1) is 0 Å². The summed E-state index contributed by atoms with van der Waals surface area (Å²) in [5.74, 6) is -0.220. The molecular formula is C16H17ClFNS. The van der Waals surface area contributed by atoms with Gasteiger partial charge in [-0.3, -0.25) is 0 Å². The molecule has 2 aromatic carbocycles. The summed E-state index contributed by atoms with van der Waals surface area (Å²) in [6.45, 7) is 5.07. The molecule has 1 N–H and O–H groups in total. The van der Waals surface area contributed by atoms with Gasteiger partial charge >= 0.3 is 0 Å². The number of halogens is 2. The number of hydrogen-bond donors (Lipinski definition) is 1. The molecule has 0 aliphatic rings. The first kappa shape index (κ1) is 15.4. The van der Waals surface area contributed by atoms with Crippen LogP contribution in [0.15, 0.2) is 52.3 Å². The van der Waals surface area contributed by atoms with E-state index in [-0.39, 0.29) is 11.9 Å². The lowest BCUT2D eigenvalue weighted by molar-refractivity contribution is 0.598. The summed E-state index contributed by atoms with van der Waals surface area (Å²) in [6, 6.07) is 12.7. The van der Waals surface area contributed by atoms with Crippen LogP contribution in [0.2, 0.25) is 5.02 Å². The molecule has 2 rings (SSSR count). The highest BCUT2D eigenvalue weighted by Crippen LogP contribution is 2.32. The number of benzene rings is 2. The lowest BCUT2D eigenvalue weighted by Gasteiger charge is -2.15. The van der Waals surface area contributed by atoms with Gasteiger partial charge in [0.15, 0.2) is 0 Å². The summed E-state index contributed by atoms with van der Waals surface area (Å²) in [4.78, 5) is 2.05. The second-order valence-corrected chi connectivity index (χ2v) is 6.07. The molecule has 0 aliphatic carbocycles. The van der Waals surface area contributed by atoms with E-state index in [1.807, 2.05) is 18.2 Å². The molecule has 0 bridgehead atoms. The van der Waals surface area contributed by atoms with Crippen molar-refractivity contribution in [3.63, 3.8) is 0 Å². The average Bonchev–Trinajstić information content (AvgIpc) is 2.42. The molecule has 0 spiro atoms. The number of hydrogen-bond acceptors (Lipinski definition) is 2. The van der Waals surface area contributed by atoms with Crippen LogP contribution in [0.3, 0.4) is 0 Å². The van der Waals surface area contributed by atoms with Gasteiger partial charge in [0.1, 0.15) is 5.82 Å². The topological polar surface area (TPSA) is 12.0 Å². The maximum Gasteiger partial charge on any atom is 0.123 e. The van der Waals surface area contributed by atoms with E-state index in [4.69, 9.17) is 11.6 Å². The third-order valence-corrected chi connectivity index (χ3v) is 4.32. The van der Waals surface area contributed by atoms with Gasteiger partial charge in [0.2, 0.25) is 0 Å². The van der Waals surface area contributed by atoms with Crippen molar-refractivity contribution in [2.45, 2.75) is 29.7 Å². The van der Waals surface area contributed by atoms with Crippen molar-refractivity contribution in [1.82, 2.24) is 5.32 Å². The summed E-state index contributed by atoms with van der Waals surface area (Å²) in [7, 11) is 0. The maximum atomic E-state index is 12.9. The van der Waals surface area contributed by atoms with Crippen molar-refractivity contribution in [3.05, 3.63) is 58.9 Å². The molecule has 1 atom stereocenters. The van der Waals surface area contributed by atoms with Gasteiger partial charge in [-0.1, -0.05) is 36.4 Å². The maximum absolute atomic E-state index is 12.9. The molecule has 0 amide bonds. The Morgan fingerprint density at radius 3 is 2.40 bits per heavy atom. The van der Waals surface area contributed by atoms with Crippen LogP contribution < -0.4 is 5.32 Å². The Bertz CT molecular complexity index is 571. The molecule has 4 heteroatoms. The van der Waals surface area contributed by atoms with E-state index in [0.717, 1.165) is 26.9 Å². The van der Waals surface area contributed by atoms with Crippen molar-refractivity contribution in [2.24, 2.45) is 0 Å². The predicted octanol–water partition coefficient (Wildman–Crippen LogP) is 5.30. The van der Waals surface area contributed by atoms with Crippen LogP contribution in [0.4, 0.5) is 4.39 Å². The zero-order valence-corrected chi connectivity index (χ0v) is 13.1. The Kier molecular flexibility index (Phi) is 5.46. The van der Waals surface area contributed by atoms with E-state index in [0.29, 0.717) is 0 Å². The highest BCUT2D eigenvalue weighted by Gasteiger charge is 2.09. The first-order valence-electron chi connectivity index (χ1n) is 6.56. The van der Waals surface area contributed by atoms with E-state index in [2.05, 4.69) is 19.2 Å². The summed E-state index contributed by atoms with van der Waals surface area (Å²) < 4.78 is 12.9. The van der Waals surface area contributed by atoms with Crippen molar-refractivity contribution in [2.75, 3.05) is 6.54 Å². The van der Waals surface area contributed by atoms with Crippen LogP contribution in [0.1, 0.15) is 25.5 Å². The van der Waals surface area contributed by atoms with E-state index >= 15 is 0 Å². The molecular weight excluding hydrogens is 293 g/mol. The van der Waals surface area contributed by atoms with Gasteiger partial charge in [-0.05, 0) is 55.4 Å². The normalized spacial score (nSPS) is 12.4. The zero-order valence-electron chi connectivity index (χ0n) is 11.5. The van der Waals surface area contributed by atoms with E-state index in [9.17, 15) is 4.39 Å². The summed E-state index contributed by atoms with van der Waals surface area (Å²) in [6.07, 6.45) is 0. The molecule has 106 valence electrons. The van der Waals surface area contributed by atoms with Crippen LogP contribution in [0, 0.1) is 5.82 Å². The minimum Gasteiger partial charge on any atom is -0.310 e. The smallest absolute Gasteiger partial charge is 0.123 e. The first-order chi connectivity index (χ1) is 9.60. The van der Waals surface area contributed by atoms with Crippen LogP contribution in [-0.2, 0) is 0 Å². The molecule has 20 heavy (non-hydrogen) atoms. The van der Waals surface area contributed by atoms with Gasteiger partial charge in [0.25, 0.3) is 0 Å². The highest BCUT2D eigenvalue weighted by atomic mass is 35.5. The van der Waals surface area contributed by atoms with E-state index in [1.54, 1.807) is 23.9 Å². The minimum absolute atomic E-state index is 0.220. The zero-order chi connectivity index (χ0) is 14.5. The Morgan fingerprint density at radius 1 is 1.15 bits per heavy atom. The van der Waals surface area contributed by atoms with Gasteiger partial charge in [-0.15, -0.1) is 0 Å². The number of nitrogens with one attached hydrogen (secondary N) is 1. The second kappa shape index (κ2) is 7.11. The van der Waals surface area contributed by atoms with Crippen molar-refractivity contribution < 1.29 is 4.39 Å². The SMILES string of the molecule is CCNC(C)c1ccc(Sc2ccc(F)cc2)cc1Cl. The standard InChI is InChI=1S/C16H17ClFNS/c1-3-19-11(2)15-9-8-14(10-16(15)17)20-13-6-4-12(18)5-7-13/h4-11,19H,3H2,1-2H3. The predicted molar refractivity (Wildman–Crippen MR) is 84.1 cm³/mol. The van der Waals surface area contributed by atoms with Gasteiger partial charge in [0, 0.05) is 20.9 Å². The molecule has 0 fully saturated rings. The summed E-state index contributed by atoms with van der Waals surface area (Å²) in [5, 5.41) is 4.10. The Labute approximate surface area is 128 Å². The van der Waals surface area contributed by atoms with Gasteiger partial charge in [-0.2, -0.15) is 0 Å². The van der Waals surface area contributed by atoms with Gasteiger partial charge < -0.3 is 5.32 Å². The fourth-order valence-electron chi connectivity index (χ4n) is 1.98.